The lowest BCUT2D eigenvalue weighted by Crippen LogP contribution is -2.49. The number of rotatable bonds is 2. The Morgan fingerprint density at radius 3 is 2.52 bits per heavy atom. The van der Waals surface area contributed by atoms with Gasteiger partial charge in [0.15, 0.2) is 5.79 Å². The van der Waals surface area contributed by atoms with Gasteiger partial charge >= 0.3 is 0 Å². The Kier molecular flexibility index (Phi) is 3.69. The molecule has 0 aromatic carbocycles. The summed E-state index contributed by atoms with van der Waals surface area (Å²) in [7, 11) is 1.72. The van der Waals surface area contributed by atoms with Gasteiger partial charge in [-0.3, -0.25) is 9.59 Å². The molecule has 3 aliphatic heterocycles. The van der Waals surface area contributed by atoms with E-state index in [-0.39, 0.29) is 23.8 Å². The average Bonchev–Trinajstić information content (AvgIpc) is 3.11. The lowest BCUT2D eigenvalue weighted by atomic mass is 9.93. The Balaban J connectivity index is 1.78. The Bertz CT molecular complexity index is 445. The Morgan fingerprint density at radius 1 is 1.29 bits per heavy atom. The van der Waals surface area contributed by atoms with Crippen LogP contribution in [0, 0.1) is 5.92 Å². The van der Waals surface area contributed by atoms with Crippen molar-refractivity contribution in [1.29, 1.82) is 0 Å². The first-order chi connectivity index (χ1) is 9.89. The van der Waals surface area contributed by atoms with E-state index in [0.717, 1.165) is 25.9 Å². The fourth-order valence-electron chi connectivity index (χ4n) is 3.63. The molecular weight excluding hydrogens is 272 g/mol. The molecule has 0 bridgehead atoms. The van der Waals surface area contributed by atoms with Crippen LogP contribution in [0.15, 0.2) is 0 Å². The number of nitrogens with zero attached hydrogens (tertiary/aromatic N) is 2. The zero-order valence-electron chi connectivity index (χ0n) is 13.0. The molecule has 2 unspecified atom stereocenters. The molecule has 3 rings (SSSR count). The van der Waals surface area contributed by atoms with E-state index < -0.39 is 11.8 Å². The maximum Gasteiger partial charge on any atom is 0.245 e. The van der Waals surface area contributed by atoms with Gasteiger partial charge < -0.3 is 19.3 Å². The molecule has 21 heavy (non-hydrogen) atoms. The number of hydrogen-bond acceptors (Lipinski definition) is 4. The van der Waals surface area contributed by atoms with Crippen molar-refractivity contribution in [1.82, 2.24) is 9.80 Å². The quantitative estimate of drug-likeness (QED) is 0.749. The minimum atomic E-state index is -0.629. The van der Waals surface area contributed by atoms with E-state index in [4.69, 9.17) is 9.47 Å². The van der Waals surface area contributed by atoms with Gasteiger partial charge in [0.05, 0.1) is 12.7 Å². The van der Waals surface area contributed by atoms with Crippen LogP contribution in [0.25, 0.3) is 0 Å². The molecule has 3 aliphatic rings. The smallest absolute Gasteiger partial charge is 0.245 e. The van der Waals surface area contributed by atoms with Crippen LogP contribution in [0.2, 0.25) is 0 Å². The summed E-state index contributed by atoms with van der Waals surface area (Å²) in [5, 5.41) is 0. The molecule has 0 radical (unpaired) electrons. The molecule has 3 fully saturated rings. The summed E-state index contributed by atoms with van der Waals surface area (Å²) in [4.78, 5) is 28.3. The van der Waals surface area contributed by atoms with Crippen molar-refractivity contribution in [3.8, 4) is 0 Å². The van der Waals surface area contributed by atoms with Crippen molar-refractivity contribution < 1.29 is 19.1 Å². The number of hydrogen-bond donors (Lipinski definition) is 0. The SMILES string of the molecule is CN1C(=O)CC([C@H]2COC(C)(C)O2)C1C(=O)N1CCCC1. The molecule has 3 saturated heterocycles. The van der Waals surface area contributed by atoms with Gasteiger partial charge in [-0.15, -0.1) is 0 Å². The molecule has 118 valence electrons. The highest BCUT2D eigenvalue weighted by Gasteiger charge is 2.51. The number of likely N-dealkylation sites (tertiary alicyclic amines) is 2. The van der Waals surface area contributed by atoms with Crippen molar-refractivity contribution in [3.63, 3.8) is 0 Å². The summed E-state index contributed by atoms with van der Waals surface area (Å²) in [5.74, 6) is -0.654. The van der Waals surface area contributed by atoms with Crippen molar-refractivity contribution >= 4 is 11.8 Å². The molecule has 2 amide bonds. The Hall–Kier alpha value is -1.14. The van der Waals surface area contributed by atoms with Gasteiger partial charge in [0, 0.05) is 32.5 Å². The van der Waals surface area contributed by atoms with Crippen LogP contribution in [0.4, 0.5) is 0 Å². The summed E-state index contributed by atoms with van der Waals surface area (Å²) < 4.78 is 11.5. The zero-order valence-corrected chi connectivity index (χ0v) is 13.0. The predicted molar refractivity (Wildman–Crippen MR) is 75.4 cm³/mol. The molecule has 6 nitrogen and oxygen atoms in total. The van der Waals surface area contributed by atoms with Crippen molar-refractivity contribution in [2.24, 2.45) is 5.92 Å². The second-order valence-electron chi connectivity index (χ2n) is 6.72. The van der Waals surface area contributed by atoms with E-state index in [1.54, 1.807) is 11.9 Å². The van der Waals surface area contributed by atoms with Crippen LogP contribution in [0.3, 0.4) is 0 Å². The largest absolute Gasteiger partial charge is 0.348 e. The highest BCUT2D eigenvalue weighted by atomic mass is 16.7. The number of carbonyl (C=O) groups is 2. The summed E-state index contributed by atoms with van der Waals surface area (Å²) in [5.41, 5.74) is 0. The third kappa shape index (κ3) is 2.66. The van der Waals surface area contributed by atoms with Crippen LogP contribution in [0.1, 0.15) is 33.1 Å². The van der Waals surface area contributed by atoms with E-state index in [1.165, 1.54) is 0 Å². The first-order valence-corrected chi connectivity index (χ1v) is 7.75. The monoisotopic (exact) mass is 296 g/mol. The topological polar surface area (TPSA) is 59.1 Å². The number of likely N-dealkylation sites (N-methyl/N-ethyl adjacent to an activating group) is 1. The highest BCUT2D eigenvalue weighted by molar-refractivity contribution is 5.91. The molecule has 0 aromatic heterocycles. The number of ether oxygens (including phenoxy) is 2. The van der Waals surface area contributed by atoms with Gasteiger partial charge in [-0.1, -0.05) is 0 Å². The third-order valence-electron chi connectivity index (χ3n) is 4.81. The van der Waals surface area contributed by atoms with Crippen LogP contribution in [-0.2, 0) is 19.1 Å². The first kappa shape index (κ1) is 14.8. The van der Waals surface area contributed by atoms with E-state index in [2.05, 4.69) is 0 Å². The molecule has 0 spiro atoms. The van der Waals surface area contributed by atoms with E-state index in [1.807, 2.05) is 18.7 Å². The van der Waals surface area contributed by atoms with Crippen LogP contribution in [0.5, 0.6) is 0 Å². The predicted octanol–water partition coefficient (Wildman–Crippen LogP) is 0.607. The second kappa shape index (κ2) is 5.25. The minimum Gasteiger partial charge on any atom is -0.348 e. The highest BCUT2D eigenvalue weighted by Crippen LogP contribution is 2.36. The van der Waals surface area contributed by atoms with Crippen molar-refractivity contribution in [2.45, 2.75) is 51.0 Å². The van der Waals surface area contributed by atoms with Gasteiger partial charge in [0.25, 0.3) is 0 Å². The lowest BCUT2D eigenvalue weighted by molar-refractivity contribution is -0.151. The zero-order chi connectivity index (χ0) is 15.2. The lowest BCUT2D eigenvalue weighted by Gasteiger charge is -2.30. The van der Waals surface area contributed by atoms with E-state index >= 15 is 0 Å². The van der Waals surface area contributed by atoms with Gasteiger partial charge in [0.1, 0.15) is 6.04 Å². The summed E-state index contributed by atoms with van der Waals surface area (Å²) in [6.07, 6.45) is 2.28. The van der Waals surface area contributed by atoms with E-state index in [9.17, 15) is 9.59 Å². The third-order valence-corrected chi connectivity index (χ3v) is 4.81. The molecule has 0 aliphatic carbocycles. The Morgan fingerprint density at radius 2 is 1.95 bits per heavy atom. The molecular formula is C15H24N2O4. The average molecular weight is 296 g/mol. The standard InChI is InChI=1S/C15H24N2O4/c1-15(2)20-9-11(21-15)10-8-12(18)16(3)13(10)14(19)17-6-4-5-7-17/h10-11,13H,4-9H2,1-3H3/t10?,11-,13?/m1/s1. The summed E-state index contributed by atoms with van der Waals surface area (Å²) >= 11 is 0. The summed E-state index contributed by atoms with van der Waals surface area (Å²) in [6.45, 7) is 5.79. The molecule has 0 aromatic rings. The minimum absolute atomic E-state index is 0.0193. The first-order valence-electron chi connectivity index (χ1n) is 7.75. The van der Waals surface area contributed by atoms with Gasteiger partial charge in [-0.05, 0) is 26.7 Å². The maximum atomic E-state index is 12.8. The van der Waals surface area contributed by atoms with Crippen molar-refractivity contribution in [3.05, 3.63) is 0 Å². The molecule has 3 atom stereocenters. The number of amides is 2. The van der Waals surface area contributed by atoms with Gasteiger partial charge in [-0.2, -0.15) is 0 Å². The van der Waals surface area contributed by atoms with Gasteiger partial charge in [0.2, 0.25) is 11.8 Å². The molecule has 6 heteroatoms. The van der Waals surface area contributed by atoms with Crippen LogP contribution in [-0.4, -0.2) is 66.3 Å². The van der Waals surface area contributed by atoms with Crippen molar-refractivity contribution in [2.75, 3.05) is 26.7 Å². The molecule has 0 saturated carbocycles. The van der Waals surface area contributed by atoms with E-state index in [0.29, 0.717) is 13.0 Å². The summed E-state index contributed by atoms with van der Waals surface area (Å²) in [6, 6.07) is -0.405. The molecule has 3 heterocycles. The molecule has 0 N–H and O–H groups in total. The van der Waals surface area contributed by atoms with Gasteiger partial charge in [-0.25, -0.2) is 0 Å². The Labute approximate surface area is 125 Å². The fraction of sp³-hybridized carbons (Fsp3) is 0.867. The normalized spacial score (nSPS) is 35.8. The fourth-order valence-corrected chi connectivity index (χ4v) is 3.63. The van der Waals surface area contributed by atoms with Crippen LogP contribution >= 0.6 is 0 Å². The maximum absolute atomic E-state index is 12.8. The second-order valence-corrected chi connectivity index (χ2v) is 6.72. The van der Waals surface area contributed by atoms with Crippen LogP contribution < -0.4 is 0 Å². The number of carbonyl (C=O) groups excluding carboxylic acids is 2.